The number of benzene rings is 2. The van der Waals surface area contributed by atoms with Gasteiger partial charge in [0, 0.05) is 60.9 Å². The summed E-state index contributed by atoms with van der Waals surface area (Å²) in [6, 6.07) is 10.9. The molecule has 4 aromatic heterocycles. The first-order valence-corrected chi connectivity index (χ1v) is 24.2. The highest BCUT2D eigenvalue weighted by molar-refractivity contribution is 5.85. The number of nitrogens with zero attached hydrogens (tertiary/aromatic N) is 12. The van der Waals surface area contributed by atoms with E-state index in [4.69, 9.17) is 19.3 Å². The minimum absolute atomic E-state index is 0. The molecular weight excluding hydrogens is 891 g/mol. The largest absolute Gasteiger partial charge is 0.387 e. The van der Waals surface area contributed by atoms with Crippen molar-refractivity contribution in [3.63, 3.8) is 0 Å². The number of para-hydroxylation sites is 2. The maximum Gasteiger partial charge on any atom is 0.291 e. The number of hydrogen-bond donors (Lipinski definition) is 2. The smallest absolute Gasteiger partial charge is 0.291 e. The molecule has 0 saturated carbocycles. The molecule has 69 heavy (non-hydrogen) atoms. The van der Waals surface area contributed by atoms with Gasteiger partial charge in [0.1, 0.15) is 35.9 Å². The van der Waals surface area contributed by atoms with Crippen LogP contribution in [0, 0.1) is 11.6 Å². The Hall–Kier alpha value is -5.70. The summed E-state index contributed by atoms with van der Waals surface area (Å²) in [7, 11) is 0. The molecule has 4 fully saturated rings. The van der Waals surface area contributed by atoms with Crippen LogP contribution in [-0.4, -0.2) is 159 Å². The molecule has 0 radical (unpaired) electrons. The minimum atomic E-state index is -0.415. The van der Waals surface area contributed by atoms with Crippen LogP contribution in [0.25, 0.3) is 33.7 Å². The molecule has 2 N–H and O–H groups in total. The van der Waals surface area contributed by atoms with Crippen molar-refractivity contribution >= 4 is 33.6 Å². The number of piperidine rings is 4. The summed E-state index contributed by atoms with van der Waals surface area (Å²) >= 11 is 0. The highest BCUT2D eigenvalue weighted by Gasteiger charge is 2.34. The van der Waals surface area contributed by atoms with Crippen LogP contribution >= 0.6 is 0 Å². The average Bonchev–Trinajstić information content (AvgIpc) is 4.20. The normalized spacial score (nSPS) is 18.6. The summed E-state index contributed by atoms with van der Waals surface area (Å²) in [5, 5.41) is 37.2. The van der Waals surface area contributed by atoms with E-state index in [1.165, 1.54) is 21.5 Å². The number of aliphatic hydroxyl groups is 2. The van der Waals surface area contributed by atoms with E-state index < -0.39 is 13.2 Å². The van der Waals surface area contributed by atoms with Crippen molar-refractivity contribution < 1.29 is 37.6 Å². The van der Waals surface area contributed by atoms with Gasteiger partial charge in [-0.05, 0) is 112 Å². The summed E-state index contributed by atoms with van der Waals surface area (Å²) in [5.41, 5.74) is 2.36. The SMILES string of the molecule is C.CC(C)c1nn(-c2noc(C3CCN(C4CCN(C(=O)CO)CC4)CC3)n2)c2c(F)cccc12.CC(C)c1nn(-c2noc(C3CCN(C4CCN(C(=O)CO)CC4)CC3)n2)c2c(F)cccc12. The first-order chi connectivity index (χ1) is 32.9. The fourth-order valence-electron chi connectivity index (χ4n) is 10.6. The van der Waals surface area contributed by atoms with Crippen LogP contribution in [0.5, 0.6) is 0 Å². The van der Waals surface area contributed by atoms with Gasteiger partial charge in [-0.2, -0.15) is 29.5 Å². The van der Waals surface area contributed by atoms with Gasteiger partial charge in [-0.1, -0.05) is 59.4 Å². The predicted octanol–water partition coefficient (Wildman–Crippen LogP) is 6.30. The van der Waals surface area contributed by atoms with Crippen LogP contribution < -0.4 is 0 Å². The minimum Gasteiger partial charge on any atom is -0.387 e. The van der Waals surface area contributed by atoms with E-state index in [9.17, 15) is 18.4 Å². The third kappa shape index (κ3) is 10.3. The number of aromatic nitrogens is 8. The van der Waals surface area contributed by atoms with Gasteiger partial charge in [-0.15, -0.1) is 0 Å². The van der Waals surface area contributed by atoms with Gasteiger partial charge in [0.15, 0.2) is 0 Å². The number of halogens is 2. The van der Waals surface area contributed by atoms with E-state index in [0.29, 0.717) is 61.1 Å². The van der Waals surface area contributed by atoms with Gasteiger partial charge < -0.3 is 38.9 Å². The summed E-state index contributed by atoms with van der Waals surface area (Å²) < 4.78 is 43.5. The Morgan fingerprint density at radius 2 is 0.957 bits per heavy atom. The first kappa shape index (κ1) is 49.7. The van der Waals surface area contributed by atoms with Crippen LogP contribution in [0.3, 0.4) is 0 Å². The molecule has 0 aliphatic carbocycles. The molecule has 372 valence electrons. The number of carbonyl (C=O) groups excluding carboxylic acids is 2. The van der Waals surface area contributed by atoms with Gasteiger partial charge in [-0.3, -0.25) is 9.59 Å². The summed E-state index contributed by atoms with van der Waals surface area (Å²) in [5.74, 6) is 1.17. The molecule has 4 saturated heterocycles. The number of aliphatic hydroxyl groups excluding tert-OH is 2. The lowest BCUT2D eigenvalue weighted by Gasteiger charge is -2.41. The quantitative estimate of drug-likeness (QED) is 0.155. The van der Waals surface area contributed by atoms with Gasteiger partial charge in [-0.25, -0.2) is 8.78 Å². The fraction of sp³-hybridized carbons (Fsp3) is 0.592. The van der Waals surface area contributed by atoms with E-state index in [1.807, 2.05) is 39.8 Å². The third-order valence-electron chi connectivity index (χ3n) is 14.4. The Morgan fingerprint density at radius 3 is 1.29 bits per heavy atom. The molecule has 4 aliphatic rings. The molecule has 4 aliphatic heterocycles. The molecule has 0 spiro atoms. The van der Waals surface area contributed by atoms with Gasteiger partial charge in [0.05, 0.1) is 11.4 Å². The summed E-state index contributed by atoms with van der Waals surface area (Å²) in [6.45, 7) is 13.8. The predicted molar refractivity (Wildman–Crippen MR) is 253 cm³/mol. The molecule has 2 aromatic carbocycles. The Balaban J connectivity index is 0.000000183. The number of rotatable bonds is 10. The molecule has 0 atom stereocenters. The number of carbonyl (C=O) groups is 2. The van der Waals surface area contributed by atoms with E-state index in [0.717, 1.165) is 99.7 Å². The van der Waals surface area contributed by atoms with Gasteiger partial charge in [0.25, 0.3) is 11.9 Å². The zero-order valence-corrected chi connectivity index (χ0v) is 39.3. The standard InChI is InChI=1S/2C24H31FN6O3.CH4/c2*1-15(2)21-18-4-3-5-19(25)22(18)31(27-21)24-26-23(34-28-24)16-6-10-29(11-7-16)17-8-12-30(13-9-17)20(33)14-32;/h2*3-5,15-17,32H,6-14H2,1-2H3;1H4. The second-order valence-electron chi connectivity index (χ2n) is 19.2. The molecule has 6 aromatic rings. The Labute approximate surface area is 400 Å². The Morgan fingerprint density at radius 1 is 0.594 bits per heavy atom. The lowest BCUT2D eigenvalue weighted by Crippen LogP contribution is -2.49. The maximum absolute atomic E-state index is 14.7. The Bertz CT molecular complexity index is 2500. The Kier molecular flexibility index (Phi) is 15.5. The fourth-order valence-corrected chi connectivity index (χ4v) is 10.6. The van der Waals surface area contributed by atoms with Crippen LogP contribution in [0.4, 0.5) is 8.78 Å². The van der Waals surface area contributed by atoms with Crippen molar-refractivity contribution in [1.82, 2.24) is 59.4 Å². The second kappa shape index (κ2) is 21.5. The number of fused-ring (bicyclic) bond motifs is 2. The van der Waals surface area contributed by atoms with Crippen molar-refractivity contribution in [1.29, 1.82) is 0 Å². The molecule has 0 unspecified atom stereocenters. The lowest BCUT2D eigenvalue weighted by molar-refractivity contribution is -0.136. The molecular formula is C49H66F2N12O6. The molecule has 20 heteroatoms. The number of hydrogen-bond acceptors (Lipinski definition) is 14. The molecule has 8 heterocycles. The zero-order chi connectivity index (χ0) is 47.6. The van der Waals surface area contributed by atoms with Crippen molar-refractivity contribution in [2.24, 2.45) is 0 Å². The van der Waals surface area contributed by atoms with Crippen molar-refractivity contribution in [2.75, 3.05) is 65.6 Å². The second-order valence-corrected chi connectivity index (χ2v) is 19.2. The third-order valence-corrected chi connectivity index (χ3v) is 14.4. The number of amides is 2. The zero-order valence-electron chi connectivity index (χ0n) is 39.3. The summed E-state index contributed by atoms with van der Waals surface area (Å²) in [6.07, 6.45) is 7.33. The average molecular weight is 957 g/mol. The van der Waals surface area contributed by atoms with E-state index in [2.05, 4.69) is 40.3 Å². The van der Waals surface area contributed by atoms with Crippen LogP contribution in [-0.2, 0) is 9.59 Å². The molecule has 18 nitrogen and oxygen atoms in total. The summed E-state index contributed by atoms with van der Waals surface area (Å²) in [4.78, 5) is 41.1. The molecule has 10 rings (SSSR count). The van der Waals surface area contributed by atoms with E-state index in [1.54, 1.807) is 21.9 Å². The molecule has 0 bridgehead atoms. The van der Waals surface area contributed by atoms with Crippen LogP contribution in [0.2, 0.25) is 0 Å². The van der Waals surface area contributed by atoms with Crippen LogP contribution in [0.1, 0.15) is 133 Å². The van der Waals surface area contributed by atoms with Crippen molar-refractivity contribution in [3.8, 4) is 11.9 Å². The topological polar surface area (TPSA) is 201 Å². The monoisotopic (exact) mass is 957 g/mol. The highest BCUT2D eigenvalue weighted by atomic mass is 19.1. The van der Waals surface area contributed by atoms with E-state index in [-0.39, 0.29) is 66.4 Å². The van der Waals surface area contributed by atoms with E-state index >= 15 is 0 Å². The van der Waals surface area contributed by atoms with Crippen molar-refractivity contribution in [3.05, 3.63) is 71.2 Å². The highest BCUT2D eigenvalue weighted by Crippen LogP contribution is 2.34. The van der Waals surface area contributed by atoms with Gasteiger partial charge >= 0.3 is 0 Å². The number of likely N-dealkylation sites (tertiary alicyclic amines) is 4. The lowest BCUT2D eigenvalue weighted by atomic mass is 9.93. The van der Waals surface area contributed by atoms with Crippen molar-refractivity contribution in [2.45, 2.75) is 122 Å². The van der Waals surface area contributed by atoms with Gasteiger partial charge in [0.2, 0.25) is 23.6 Å². The maximum atomic E-state index is 14.7. The molecule has 2 amide bonds. The first-order valence-electron chi connectivity index (χ1n) is 24.2. The van der Waals surface area contributed by atoms with Crippen LogP contribution in [0.15, 0.2) is 45.4 Å².